The molecular formula is C19H28N4O3. The van der Waals surface area contributed by atoms with Crippen molar-refractivity contribution in [2.24, 2.45) is 17.8 Å². The zero-order chi connectivity index (χ0) is 18.3. The summed E-state index contributed by atoms with van der Waals surface area (Å²) in [6.07, 6.45) is 7.41. The first-order valence-electron chi connectivity index (χ1n) is 9.84. The Kier molecular flexibility index (Phi) is 4.73. The van der Waals surface area contributed by atoms with Crippen LogP contribution in [-0.2, 0) is 4.79 Å². The number of carbonyl (C=O) groups is 2. The summed E-state index contributed by atoms with van der Waals surface area (Å²) in [6, 6.07) is -0.399. The summed E-state index contributed by atoms with van der Waals surface area (Å²) in [5.74, 6) is 1.09. The van der Waals surface area contributed by atoms with Gasteiger partial charge < -0.3 is 20.3 Å². The van der Waals surface area contributed by atoms with Crippen molar-refractivity contribution in [1.29, 1.82) is 0 Å². The SMILES string of the molecule is Cc1[nH]cnc1C(=O)N1CC[C@@H](O)[C@H](NC(=O)C2[C@H]3CCCCC[C@@H]23)C1. The van der Waals surface area contributed by atoms with Gasteiger partial charge in [0.25, 0.3) is 5.91 Å². The third-order valence-electron chi connectivity index (χ3n) is 6.43. The number of aliphatic hydroxyl groups is 1. The maximum Gasteiger partial charge on any atom is 0.274 e. The number of H-pyrrole nitrogens is 1. The van der Waals surface area contributed by atoms with Crippen molar-refractivity contribution in [2.45, 2.75) is 57.6 Å². The smallest absolute Gasteiger partial charge is 0.274 e. The van der Waals surface area contributed by atoms with E-state index in [-0.39, 0.29) is 17.7 Å². The van der Waals surface area contributed by atoms with Crippen LogP contribution in [0.1, 0.15) is 54.7 Å². The summed E-state index contributed by atoms with van der Waals surface area (Å²) in [6.45, 7) is 2.63. The van der Waals surface area contributed by atoms with Crippen LogP contribution in [0.3, 0.4) is 0 Å². The molecule has 3 fully saturated rings. The molecule has 0 aromatic carbocycles. The summed E-state index contributed by atoms with van der Waals surface area (Å²) in [7, 11) is 0. The Labute approximate surface area is 153 Å². The van der Waals surface area contributed by atoms with Crippen LogP contribution in [-0.4, -0.2) is 57.0 Å². The number of nitrogens with zero attached hydrogens (tertiary/aromatic N) is 2. The Balaban J connectivity index is 1.37. The lowest BCUT2D eigenvalue weighted by atomic mass is 10.0. The van der Waals surface area contributed by atoms with E-state index >= 15 is 0 Å². The number of piperidine rings is 1. The van der Waals surface area contributed by atoms with Gasteiger partial charge in [0.1, 0.15) is 5.69 Å². The van der Waals surface area contributed by atoms with Crippen LogP contribution in [0.5, 0.6) is 0 Å². The molecule has 3 aliphatic rings. The predicted octanol–water partition coefficient (Wildman–Crippen LogP) is 1.24. The molecule has 2 amide bonds. The van der Waals surface area contributed by atoms with Gasteiger partial charge in [-0.1, -0.05) is 19.3 Å². The van der Waals surface area contributed by atoms with Gasteiger partial charge in [-0.3, -0.25) is 9.59 Å². The molecule has 0 bridgehead atoms. The second-order valence-corrected chi connectivity index (χ2v) is 8.09. The van der Waals surface area contributed by atoms with Crippen molar-refractivity contribution in [3.05, 3.63) is 17.7 Å². The molecule has 1 saturated heterocycles. The van der Waals surface area contributed by atoms with Crippen molar-refractivity contribution < 1.29 is 14.7 Å². The van der Waals surface area contributed by atoms with E-state index in [0.717, 1.165) is 18.5 Å². The number of rotatable bonds is 3. The molecule has 2 saturated carbocycles. The quantitative estimate of drug-likeness (QED) is 0.755. The number of aromatic nitrogens is 2. The molecule has 142 valence electrons. The molecule has 1 aliphatic heterocycles. The number of nitrogens with one attached hydrogen (secondary N) is 2. The average Bonchev–Trinajstić information content (AvgIpc) is 3.22. The summed E-state index contributed by atoms with van der Waals surface area (Å²) in [5, 5.41) is 13.4. The van der Waals surface area contributed by atoms with Crippen molar-refractivity contribution in [3.8, 4) is 0 Å². The molecule has 1 aromatic rings. The number of imidazole rings is 1. The summed E-state index contributed by atoms with van der Waals surface area (Å²) >= 11 is 0. The number of aromatic amines is 1. The summed E-state index contributed by atoms with van der Waals surface area (Å²) in [5.41, 5.74) is 1.15. The van der Waals surface area contributed by atoms with Gasteiger partial charge in [0.05, 0.1) is 18.5 Å². The molecule has 1 aromatic heterocycles. The van der Waals surface area contributed by atoms with Gasteiger partial charge in [-0.2, -0.15) is 0 Å². The first kappa shape index (κ1) is 17.5. The van der Waals surface area contributed by atoms with E-state index in [0.29, 0.717) is 37.0 Å². The molecule has 1 unspecified atom stereocenters. The van der Waals surface area contributed by atoms with Crippen molar-refractivity contribution in [1.82, 2.24) is 20.2 Å². The van der Waals surface area contributed by atoms with E-state index < -0.39 is 12.1 Å². The van der Waals surface area contributed by atoms with Crippen LogP contribution in [0.4, 0.5) is 0 Å². The fourth-order valence-electron chi connectivity index (χ4n) is 4.83. The first-order chi connectivity index (χ1) is 12.6. The maximum atomic E-state index is 12.7. The highest BCUT2D eigenvalue weighted by Gasteiger charge is 2.54. The maximum absolute atomic E-state index is 12.7. The Morgan fingerprint density at radius 1 is 1.23 bits per heavy atom. The molecule has 0 spiro atoms. The Morgan fingerprint density at radius 2 is 1.96 bits per heavy atom. The highest BCUT2D eigenvalue weighted by Crippen LogP contribution is 2.54. The molecule has 7 heteroatoms. The van der Waals surface area contributed by atoms with Gasteiger partial charge in [0.2, 0.25) is 5.91 Å². The van der Waals surface area contributed by atoms with Crippen molar-refractivity contribution in [3.63, 3.8) is 0 Å². The molecule has 2 aliphatic carbocycles. The van der Waals surface area contributed by atoms with Crippen LogP contribution >= 0.6 is 0 Å². The Hall–Kier alpha value is -1.89. The Bertz CT molecular complexity index is 676. The number of fused-ring (bicyclic) bond motifs is 1. The van der Waals surface area contributed by atoms with Gasteiger partial charge in [-0.05, 0) is 38.0 Å². The molecule has 26 heavy (non-hydrogen) atoms. The van der Waals surface area contributed by atoms with E-state index in [4.69, 9.17) is 0 Å². The van der Waals surface area contributed by atoms with Gasteiger partial charge in [-0.25, -0.2) is 4.98 Å². The fraction of sp³-hybridized carbons (Fsp3) is 0.737. The normalized spacial score (nSPS) is 33.9. The number of likely N-dealkylation sites (tertiary alicyclic amines) is 1. The van der Waals surface area contributed by atoms with Gasteiger partial charge >= 0.3 is 0 Å². The number of hydrogen-bond acceptors (Lipinski definition) is 4. The topological polar surface area (TPSA) is 98.3 Å². The van der Waals surface area contributed by atoms with E-state index in [1.165, 1.54) is 25.6 Å². The molecular weight excluding hydrogens is 332 g/mol. The average molecular weight is 360 g/mol. The molecule has 5 atom stereocenters. The minimum atomic E-state index is -0.605. The number of amides is 2. The monoisotopic (exact) mass is 360 g/mol. The second kappa shape index (κ2) is 7.02. The molecule has 4 rings (SSSR count). The van der Waals surface area contributed by atoms with E-state index in [9.17, 15) is 14.7 Å². The van der Waals surface area contributed by atoms with Crippen LogP contribution in [0.25, 0.3) is 0 Å². The van der Waals surface area contributed by atoms with E-state index in [2.05, 4.69) is 15.3 Å². The minimum Gasteiger partial charge on any atom is -0.391 e. The largest absolute Gasteiger partial charge is 0.391 e. The molecule has 2 heterocycles. The van der Waals surface area contributed by atoms with E-state index in [1.807, 2.05) is 6.92 Å². The zero-order valence-corrected chi connectivity index (χ0v) is 15.3. The molecule has 3 N–H and O–H groups in total. The standard InChI is InChI=1S/C19H28N4O3/c1-11-17(21-10-20-11)19(26)23-8-7-15(24)14(9-23)22-18(25)16-12-5-3-2-4-6-13(12)16/h10,12-16,24H,2-9H2,1H3,(H,20,21)(H,22,25)/t12-,13+,14-,15-,16?/m1/s1. The number of aryl methyl sites for hydroxylation is 1. The van der Waals surface area contributed by atoms with Crippen LogP contribution < -0.4 is 5.32 Å². The van der Waals surface area contributed by atoms with Crippen molar-refractivity contribution in [2.75, 3.05) is 13.1 Å². The highest BCUT2D eigenvalue weighted by molar-refractivity contribution is 5.93. The third-order valence-corrected chi connectivity index (χ3v) is 6.43. The number of aliphatic hydroxyl groups excluding tert-OH is 1. The highest BCUT2D eigenvalue weighted by atomic mass is 16.3. The van der Waals surface area contributed by atoms with E-state index in [1.54, 1.807) is 4.90 Å². The third kappa shape index (κ3) is 3.24. The summed E-state index contributed by atoms with van der Waals surface area (Å²) < 4.78 is 0. The zero-order valence-electron chi connectivity index (χ0n) is 15.3. The second-order valence-electron chi connectivity index (χ2n) is 8.09. The summed E-state index contributed by atoms with van der Waals surface area (Å²) in [4.78, 5) is 34.1. The lowest BCUT2D eigenvalue weighted by molar-refractivity contribution is -0.125. The van der Waals surface area contributed by atoms with Gasteiger partial charge in [-0.15, -0.1) is 0 Å². The number of carbonyl (C=O) groups excluding carboxylic acids is 2. The van der Waals surface area contributed by atoms with Crippen LogP contribution in [0.15, 0.2) is 6.33 Å². The molecule has 7 nitrogen and oxygen atoms in total. The predicted molar refractivity (Wildman–Crippen MR) is 95.3 cm³/mol. The fourth-order valence-corrected chi connectivity index (χ4v) is 4.83. The lowest BCUT2D eigenvalue weighted by Gasteiger charge is -2.36. The van der Waals surface area contributed by atoms with Crippen molar-refractivity contribution >= 4 is 11.8 Å². The minimum absolute atomic E-state index is 0.0659. The lowest BCUT2D eigenvalue weighted by Crippen LogP contribution is -2.56. The molecule has 0 radical (unpaired) electrons. The van der Waals surface area contributed by atoms with Crippen LogP contribution in [0.2, 0.25) is 0 Å². The van der Waals surface area contributed by atoms with Gasteiger partial charge in [0, 0.05) is 24.7 Å². The Morgan fingerprint density at radius 3 is 2.62 bits per heavy atom. The number of hydrogen-bond donors (Lipinski definition) is 3. The first-order valence-corrected chi connectivity index (χ1v) is 9.84. The van der Waals surface area contributed by atoms with Gasteiger partial charge in [0.15, 0.2) is 0 Å². The van der Waals surface area contributed by atoms with Crippen LogP contribution in [0, 0.1) is 24.7 Å².